The van der Waals surface area contributed by atoms with Gasteiger partial charge in [-0.15, -0.1) is 0 Å². The van der Waals surface area contributed by atoms with E-state index in [9.17, 15) is 0 Å². The summed E-state index contributed by atoms with van der Waals surface area (Å²) in [5.74, 6) is 1.11. The molecule has 0 saturated carbocycles. The van der Waals surface area contributed by atoms with Crippen LogP contribution in [-0.4, -0.2) is 10.1 Å². The van der Waals surface area contributed by atoms with Gasteiger partial charge in [0.1, 0.15) is 24.1 Å². The van der Waals surface area contributed by atoms with Crippen molar-refractivity contribution >= 4 is 11.6 Å². The van der Waals surface area contributed by atoms with Crippen LogP contribution in [0.3, 0.4) is 0 Å². The van der Waals surface area contributed by atoms with Crippen LogP contribution in [0.2, 0.25) is 5.02 Å². The number of nitrogens with zero attached hydrogens (tertiary/aromatic N) is 3. The Labute approximate surface area is 138 Å². The molecule has 0 fully saturated rings. The molecule has 0 aliphatic rings. The van der Waals surface area contributed by atoms with Gasteiger partial charge in [0, 0.05) is 22.8 Å². The van der Waals surface area contributed by atoms with E-state index < -0.39 is 0 Å². The van der Waals surface area contributed by atoms with Crippen molar-refractivity contribution in [3.8, 4) is 23.2 Å². The fraction of sp³-hybridized carbons (Fsp3) is 0.118. The molecule has 3 aromatic rings. The molecule has 0 aliphatic heterocycles. The van der Waals surface area contributed by atoms with Crippen LogP contribution in [0, 0.1) is 18.3 Å². The number of benzene rings is 1. The molecule has 2 heterocycles. The quantitative estimate of drug-likeness (QED) is 0.720. The van der Waals surface area contributed by atoms with Crippen LogP contribution < -0.4 is 4.74 Å². The number of hydrogen-bond donors (Lipinski definition) is 0. The molecule has 2 aromatic heterocycles. The Kier molecular flexibility index (Phi) is 4.26. The Bertz CT molecular complexity index is 866. The summed E-state index contributed by atoms with van der Waals surface area (Å²) in [4.78, 5) is 4.08. The highest BCUT2D eigenvalue weighted by Gasteiger charge is 2.16. The lowest BCUT2D eigenvalue weighted by atomic mass is 10.1. The van der Waals surface area contributed by atoms with Gasteiger partial charge < -0.3 is 9.26 Å². The Hall–Kier alpha value is -2.84. The highest BCUT2D eigenvalue weighted by Crippen LogP contribution is 2.28. The van der Waals surface area contributed by atoms with Gasteiger partial charge in [0.2, 0.25) is 5.88 Å². The third-order valence-corrected chi connectivity index (χ3v) is 3.55. The summed E-state index contributed by atoms with van der Waals surface area (Å²) in [6.07, 6.45) is 1.47. The van der Waals surface area contributed by atoms with Crippen molar-refractivity contribution in [2.24, 2.45) is 0 Å². The second-order valence-electron chi connectivity index (χ2n) is 4.86. The molecular formula is C17H12ClN3O2. The maximum Gasteiger partial charge on any atom is 0.213 e. The molecule has 5 nitrogen and oxygen atoms in total. The first-order valence-corrected chi connectivity index (χ1v) is 7.25. The monoisotopic (exact) mass is 325 g/mol. The fourth-order valence-corrected chi connectivity index (χ4v) is 2.29. The van der Waals surface area contributed by atoms with Crippen molar-refractivity contribution in [2.45, 2.75) is 13.5 Å². The van der Waals surface area contributed by atoms with Crippen LogP contribution >= 0.6 is 11.6 Å². The molecule has 0 bridgehead atoms. The second-order valence-corrected chi connectivity index (χ2v) is 5.30. The number of ether oxygens (including phenoxy) is 1. The Morgan fingerprint density at radius 1 is 1.30 bits per heavy atom. The van der Waals surface area contributed by atoms with E-state index in [1.807, 2.05) is 31.2 Å². The van der Waals surface area contributed by atoms with Crippen molar-refractivity contribution in [3.05, 3.63) is 64.5 Å². The summed E-state index contributed by atoms with van der Waals surface area (Å²) in [5, 5.41) is 13.5. The van der Waals surface area contributed by atoms with Crippen molar-refractivity contribution in [3.63, 3.8) is 0 Å². The SMILES string of the molecule is Cc1onc(-c2cccc(Cl)c2)c1COc1ccc(C#N)cn1. The summed E-state index contributed by atoms with van der Waals surface area (Å²) < 4.78 is 10.9. The van der Waals surface area contributed by atoms with Crippen LogP contribution in [0.15, 0.2) is 47.1 Å². The lowest BCUT2D eigenvalue weighted by Gasteiger charge is -2.06. The van der Waals surface area contributed by atoms with Gasteiger partial charge in [0.25, 0.3) is 0 Å². The van der Waals surface area contributed by atoms with Gasteiger partial charge in [-0.05, 0) is 25.1 Å². The van der Waals surface area contributed by atoms with E-state index in [0.717, 1.165) is 11.1 Å². The lowest BCUT2D eigenvalue weighted by molar-refractivity contribution is 0.290. The van der Waals surface area contributed by atoms with Crippen LogP contribution in [0.4, 0.5) is 0 Å². The zero-order valence-electron chi connectivity index (χ0n) is 12.3. The normalized spacial score (nSPS) is 10.3. The maximum absolute atomic E-state index is 8.77. The number of rotatable bonds is 4. The number of aromatic nitrogens is 2. The van der Waals surface area contributed by atoms with E-state index in [2.05, 4.69) is 10.1 Å². The molecule has 0 N–H and O–H groups in total. The van der Waals surface area contributed by atoms with E-state index >= 15 is 0 Å². The molecule has 0 amide bonds. The van der Waals surface area contributed by atoms with E-state index in [-0.39, 0.29) is 6.61 Å². The van der Waals surface area contributed by atoms with Crippen LogP contribution in [0.25, 0.3) is 11.3 Å². The van der Waals surface area contributed by atoms with Gasteiger partial charge >= 0.3 is 0 Å². The first-order valence-electron chi connectivity index (χ1n) is 6.87. The molecule has 1 aromatic carbocycles. The number of aryl methyl sites for hydroxylation is 1. The number of pyridine rings is 1. The summed E-state index contributed by atoms with van der Waals surface area (Å²) in [5.41, 5.74) is 2.87. The van der Waals surface area contributed by atoms with Crippen LogP contribution in [0.1, 0.15) is 16.9 Å². The summed E-state index contributed by atoms with van der Waals surface area (Å²) >= 11 is 6.03. The summed E-state index contributed by atoms with van der Waals surface area (Å²) in [7, 11) is 0. The fourth-order valence-electron chi connectivity index (χ4n) is 2.10. The average Bonchev–Trinajstić information content (AvgIpc) is 2.94. The average molecular weight is 326 g/mol. The van der Waals surface area contributed by atoms with E-state index in [1.54, 1.807) is 18.2 Å². The van der Waals surface area contributed by atoms with E-state index in [0.29, 0.717) is 27.9 Å². The van der Waals surface area contributed by atoms with Gasteiger partial charge in [0.05, 0.1) is 11.1 Å². The molecule has 0 saturated heterocycles. The molecule has 114 valence electrons. The van der Waals surface area contributed by atoms with Gasteiger partial charge in [-0.3, -0.25) is 0 Å². The summed E-state index contributed by atoms with van der Waals surface area (Å²) in [6.45, 7) is 2.09. The van der Waals surface area contributed by atoms with Gasteiger partial charge in [-0.25, -0.2) is 4.98 Å². The Balaban J connectivity index is 1.83. The molecular weight excluding hydrogens is 314 g/mol. The van der Waals surface area contributed by atoms with Crippen molar-refractivity contribution in [1.29, 1.82) is 5.26 Å². The van der Waals surface area contributed by atoms with Crippen LogP contribution in [-0.2, 0) is 6.61 Å². The predicted molar refractivity (Wildman–Crippen MR) is 85.0 cm³/mol. The second kappa shape index (κ2) is 6.51. The van der Waals surface area contributed by atoms with Crippen molar-refractivity contribution < 1.29 is 9.26 Å². The first-order chi connectivity index (χ1) is 11.2. The summed E-state index contributed by atoms with van der Waals surface area (Å²) in [6, 6.07) is 12.7. The molecule has 0 atom stereocenters. The highest BCUT2D eigenvalue weighted by molar-refractivity contribution is 6.30. The topological polar surface area (TPSA) is 71.9 Å². The number of nitriles is 1. The molecule has 3 rings (SSSR count). The van der Waals surface area contributed by atoms with Gasteiger partial charge in [-0.2, -0.15) is 5.26 Å². The first kappa shape index (κ1) is 15.1. The zero-order chi connectivity index (χ0) is 16.2. The van der Waals surface area contributed by atoms with E-state index in [1.165, 1.54) is 6.20 Å². The molecule has 0 radical (unpaired) electrons. The standard InChI is InChI=1S/C17H12ClN3O2/c1-11-15(10-22-16-6-5-12(8-19)9-20-16)17(21-23-11)13-3-2-4-14(18)7-13/h2-7,9H,10H2,1H3. The molecule has 6 heteroatoms. The lowest BCUT2D eigenvalue weighted by Crippen LogP contribution is -1.99. The highest BCUT2D eigenvalue weighted by atomic mass is 35.5. The van der Waals surface area contributed by atoms with Crippen molar-refractivity contribution in [1.82, 2.24) is 10.1 Å². The molecule has 23 heavy (non-hydrogen) atoms. The number of halogens is 1. The third-order valence-electron chi connectivity index (χ3n) is 3.31. The molecule has 0 unspecified atom stereocenters. The number of hydrogen-bond acceptors (Lipinski definition) is 5. The van der Waals surface area contributed by atoms with Gasteiger partial charge in [-0.1, -0.05) is 28.9 Å². The third kappa shape index (κ3) is 3.33. The predicted octanol–water partition coefficient (Wildman–Crippen LogP) is 4.15. The largest absolute Gasteiger partial charge is 0.473 e. The minimum absolute atomic E-state index is 0.260. The van der Waals surface area contributed by atoms with Gasteiger partial charge in [0.15, 0.2) is 0 Å². The molecule has 0 spiro atoms. The minimum atomic E-state index is 0.260. The zero-order valence-corrected chi connectivity index (χ0v) is 13.0. The smallest absolute Gasteiger partial charge is 0.213 e. The Morgan fingerprint density at radius 2 is 2.17 bits per heavy atom. The van der Waals surface area contributed by atoms with Crippen LogP contribution in [0.5, 0.6) is 5.88 Å². The van der Waals surface area contributed by atoms with E-state index in [4.69, 9.17) is 26.1 Å². The Morgan fingerprint density at radius 3 is 2.87 bits per heavy atom. The molecule has 0 aliphatic carbocycles. The van der Waals surface area contributed by atoms with Crippen molar-refractivity contribution in [2.75, 3.05) is 0 Å². The minimum Gasteiger partial charge on any atom is -0.473 e. The maximum atomic E-state index is 8.77.